The van der Waals surface area contributed by atoms with Crippen LogP contribution in [0, 0.1) is 0 Å². The first kappa shape index (κ1) is 13.4. The molecule has 3 aromatic rings. The summed E-state index contributed by atoms with van der Waals surface area (Å²) in [5.74, 6) is 0. The van der Waals surface area contributed by atoms with Crippen LogP contribution in [0.1, 0.15) is 0 Å². The van der Waals surface area contributed by atoms with E-state index in [0.29, 0.717) is 6.54 Å². The molecular weight excluding hydrogens is 278 g/mol. The minimum Gasteiger partial charge on any atom is -0.374 e. The molecule has 0 aliphatic carbocycles. The number of aromatic nitrogens is 4. The van der Waals surface area contributed by atoms with Crippen LogP contribution in [0.4, 0.5) is 0 Å². The molecule has 3 heterocycles. The summed E-state index contributed by atoms with van der Waals surface area (Å²) in [7, 11) is 0. The molecule has 1 aliphatic rings. The average Bonchev–Trinajstić information content (AvgIpc) is 3.03. The van der Waals surface area contributed by atoms with Gasteiger partial charge in [0.15, 0.2) is 0 Å². The molecule has 0 amide bonds. The lowest BCUT2D eigenvalue weighted by atomic mass is 10.1. The number of nitrogens with zero attached hydrogens (tertiary/aromatic N) is 4. The Balaban J connectivity index is 1.62. The molecule has 1 N–H and O–H groups in total. The van der Waals surface area contributed by atoms with E-state index < -0.39 is 0 Å². The monoisotopic (exact) mass is 295 g/mol. The molecule has 22 heavy (non-hydrogen) atoms. The zero-order valence-electron chi connectivity index (χ0n) is 12.1. The summed E-state index contributed by atoms with van der Waals surface area (Å²) >= 11 is 0. The van der Waals surface area contributed by atoms with Crippen molar-refractivity contribution in [2.45, 2.75) is 12.6 Å². The van der Waals surface area contributed by atoms with Crippen molar-refractivity contribution in [3.05, 3.63) is 42.7 Å². The molecule has 0 bridgehead atoms. The minimum atomic E-state index is 0.150. The fraction of sp³-hybridized carbons (Fsp3) is 0.312. The van der Waals surface area contributed by atoms with Crippen molar-refractivity contribution in [3.63, 3.8) is 0 Å². The minimum absolute atomic E-state index is 0.150. The first-order valence-electron chi connectivity index (χ1n) is 7.47. The molecule has 6 nitrogen and oxygen atoms in total. The van der Waals surface area contributed by atoms with Crippen molar-refractivity contribution >= 4 is 10.9 Å². The molecular formula is C16H17N5O. The summed E-state index contributed by atoms with van der Waals surface area (Å²) in [6.07, 6.45) is 3.93. The van der Waals surface area contributed by atoms with Crippen LogP contribution in [-0.4, -0.2) is 45.8 Å². The van der Waals surface area contributed by atoms with Gasteiger partial charge in [0.2, 0.25) is 0 Å². The summed E-state index contributed by atoms with van der Waals surface area (Å²) in [4.78, 5) is 4.38. The Morgan fingerprint density at radius 2 is 2.23 bits per heavy atom. The summed E-state index contributed by atoms with van der Waals surface area (Å²) in [5, 5.41) is 13.0. The van der Waals surface area contributed by atoms with Crippen molar-refractivity contribution in [1.29, 1.82) is 0 Å². The van der Waals surface area contributed by atoms with Crippen LogP contribution in [0.3, 0.4) is 0 Å². The molecule has 1 unspecified atom stereocenters. The van der Waals surface area contributed by atoms with Crippen molar-refractivity contribution < 1.29 is 4.74 Å². The standard InChI is InChI=1S/C16H17N5O/c1-2-4-15-13(3-1)14(5-6-18-15)16-11-21(20-19-16)10-12-9-17-7-8-22-12/h1-6,11-12,17H,7-10H2. The van der Waals surface area contributed by atoms with Crippen LogP contribution >= 0.6 is 0 Å². The second-order valence-corrected chi connectivity index (χ2v) is 5.40. The van der Waals surface area contributed by atoms with Gasteiger partial charge in [0.25, 0.3) is 0 Å². The molecule has 0 saturated carbocycles. The van der Waals surface area contributed by atoms with E-state index in [4.69, 9.17) is 4.74 Å². The molecule has 1 aliphatic heterocycles. The van der Waals surface area contributed by atoms with E-state index in [1.165, 1.54) is 0 Å². The Bertz CT molecular complexity index is 774. The van der Waals surface area contributed by atoms with Gasteiger partial charge in [-0.25, -0.2) is 4.68 Å². The maximum atomic E-state index is 5.71. The Labute approximate surface area is 128 Å². The maximum Gasteiger partial charge on any atom is 0.113 e. The van der Waals surface area contributed by atoms with Gasteiger partial charge in [-0.2, -0.15) is 0 Å². The molecule has 0 spiro atoms. The van der Waals surface area contributed by atoms with Gasteiger partial charge in [0.1, 0.15) is 5.69 Å². The summed E-state index contributed by atoms with van der Waals surface area (Å²) < 4.78 is 7.56. The molecule has 0 radical (unpaired) electrons. The van der Waals surface area contributed by atoms with Crippen LogP contribution in [0.2, 0.25) is 0 Å². The van der Waals surface area contributed by atoms with Gasteiger partial charge < -0.3 is 10.1 Å². The van der Waals surface area contributed by atoms with Crippen LogP contribution in [0.5, 0.6) is 0 Å². The maximum absolute atomic E-state index is 5.71. The second kappa shape index (κ2) is 5.82. The largest absolute Gasteiger partial charge is 0.374 e. The zero-order chi connectivity index (χ0) is 14.8. The number of ether oxygens (including phenoxy) is 1. The van der Waals surface area contributed by atoms with Crippen molar-refractivity contribution in [2.75, 3.05) is 19.7 Å². The molecule has 1 aromatic carbocycles. The number of pyridine rings is 1. The van der Waals surface area contributed by atoms with Gasteiger partial charge in [-0.3, -0.25) is 4.98 Å². The molecule has 4 rings (SSSR count). The van der Waals surface area contributed by atoms with Gasteiger partial charge in [-0.1, -0.05) is 23.4 Å². The third kappa shape index (κ3) is 2.58. The lowest BCUT2D eigenvalue weighted by Crippen LogP contribution is -2.40. The van der Waals surface area contributed by atoms with Crippen LogP contribution in [0.15, 0.2) is 42.7 Å². The van der Waals surface area contributed by atoms with Crippen LogP contribution < -0.4 is 5.32 Å². The fourth-order valence-electron chi connectivity index (χ4n) is 2.78. The molecule has 1 atom stereocenters. The highest BCUT2D eigenvalue weighted by molar-refractivity contribution is 5.92. The summed E-state index contributed by atoms with van der Waals surface area (Å²) in [6, 6.07) is 10.0. The highest BCUT2D eigenvalue weighted by Crippen LogP contribution is 2.25. The van der Waals surface area contributed by atoms with E-state index in [1.54, 1.807) is 0 Å². The van der Waals surface area contributed by atoms with E-state index in [9.17, 15) is 0 Å². The Morgan fingerprint density at radius 3 is 3.14 bits per heavy atom. The van der Waals surface area contributed by atoms with Crippen molar-refractivity contribution in [2.24, 2.45) is 0 Å². The number of hydrogen-bond acceptors (Lipinski definition) is 5. The third-order valence-corrected chi connectivity index (χ3v) is 3.86. The average molecular weight is 295 g/mol. The van der Waals surface area contributed by atoms with Crippen molar-refractivity contribution in [1.82, 2.24) is 25.3 Å². The summed E-state index contributed by atoms with van der Waals surface area (Å²) in [5.41, 5.74) is 2.89. The Kier molecular flexibility index (Phi) is 3.54. The summed E-state index contributed by atoms with van der Waals surface area (Å²) in [6.45, 7) is 3.24. The zero-order valence-corrected chi connectivity index (χ0v) is 12.1. The van der Waals surface area contributed by atoms with Gasteiger partial charge in [0, 0.05) is 30.2 Å². The van der Waals surface area contributed by atoms with E-state index in [2.05, 4.69) is 26.7 Å². The van der Waals surface area contributed by atoms with Crippen molar-refractivity contribution in [3.8, 4) is 11.3 Å². The predicted octanol–water partition coefficient (Wildman–Crippen LogP) is 1.48. The van der Waals surface area contributed by atoms with E-state index >= 15 is 0 Å². The molecule has 2 aromatic heterocycles. The number of hydrogen-bond donors (Lipinski definition) is 1. The van der Waals surface area contributed by atoms with E-state index in [0.717, 1.165) is 41.9 Å². The number of fused-ring (bicyclic) bond motifs is 1. The normalized spacial score (nSPS) is 18.6. The van der Waals surface area contributed by atoms with Gasteiger partial charge in [0.05, 0.1) is 31.0 Å². The van der Waals surface area contributed by atoms with E-state index in [1.807, 2.05) is 41.3 Å². The second-order valence-electron chi connectivity index (χ2n) is 5.40. The van der Waals surface area contributed by atoms with Gasteiger partial charge in [-0.15, -0.1) is 5.10 Å². The molecule has 1 fully saturated rings. The lowest BCUT2D eigenvalue weighted by Gasteiger charge is -2.23. The Hall–Kier alpha value is -2.31. The van der Waals surface area contributed by atoms with E-state index in [-0.39, 0.29) is 6.10 Å². The number of morpholine rings is 1. The molecule has 6 heteroatoms. The number of rotatable bonds is 3. The van der Waals surface area contributed by atoms with Crippen LogP contribution in [-0.2, 0) is 11.3 Å². The molecule has 1 saturated heterocycles. The third-order valence-electron chi connectivity index (χ3n) is 3.86. The molecule has 112 valence electrons. The lowest BCUT2D eigenvalue weighted by molar-refractivity contribution is 0.0158. The van der Waals surface area contributed by atoms with Gasteiger partial charge in [-0.05, 0) is 12.1 Å². The first-order valence-corrected chi connectivity index (χ1v) is 7.47. The highest BCUT2D eigenvalue weighted by atomic mass is 16.5. The predicted molar refractivity (Wildman–Crippen MR) is 83.4 cm³/mol. The number of para-hydroxylation sites is 1. The number of nitrogens with one attached hydrogen (secondary N) is 1. The first-order chi connectivity index (χ1) is 10.9. The Morgan fingerprint density at radius 1 is 1.27 bits per heavy atom. The van der Waals surface area contributed by atoms with Gasteiger partial charge >= 0.3 is 0 Å². The topological polar surface area (TPSA) is 64.9 Å². The smallest absolute Gasteiger partial charge is 0.113 e. The van der Waals surface area contributed by atoms with Crippen LogP contribution in [0.25, 0.3) is 22.2 Å². The number of benzene rings is 1. The SMILES string of the molecule is c1ccc2c(-c3cn(CC4CNCCO4)nn3)ccnc2c1. The quantitative estimate of drug-likeness (QED) is 0.793. The fourth-order valence-corrected chi connectivity index (χ4v) is 2.78. The highest BCUT2D eigenvalue weighted by Gasteiger charge is 2.15.